The molecule has 3 aromatic rings. The molecule has 0 atom stereocenters. The Balaban J connectivity index is 1.62. The van der Waals surface area contributed by atoms with Gasteiger partial charge in [-0.25, -0.2) is 9.37 Å². The molecule has 1 amide bonds. The fourth-order valence-corrected chi connectivity index (χ4v) is 3.18. The van der Waals surface area contributed by atoms with E-state index in [0.717, 1.165) is 10.2 Å². The molecule has 1 N–H and O–H groups in total. The first kappa shape index (κ1) is 18.3. The lowest BCUT2D eigenvalue weighted by Gasteiger charge is -2.11. The van der Waals surface area contributed by atoms with Crippen molar-refractivity contribution in [1.82, 2.24) is 10.3 Å². The van der Waals surface area contributed by atoms with E-state index in [1.54, 1.807) is 49.0 Å². The number of carbonyl (C=O) groups excluding carboxylic acids is 1. The molecule has 7 heteroatoms. The number of nitrogens with zero attached hydrogens (tertiary/aromatic N) is 1. The largest absolute Gasteiger partial charge is 0.490 e. The summed E-state index contributed by atoms with van der Waals surface area (Å²) >= 11 is 1.47. The molecule has 0 spiro atoms. The maximum absolute atomic E-state index is 14.5. The highest BCUT2D eigenvalue weighted by atomic mass is 32.1. The molecule has 136 valence electrons. The van der Waals surface area contributed by atoms with Crippen molar-refractivity contribution in [1.29, 1.82) is 0 Å². The number of nitrogens with one attached hydrogen (secondary N) is 1. The van der Waals surface area contributed by atoms with Gasteiger partial charge in [0.05, 0.1) is 22.3 Å². The van der Waals surface area contributed by atoms with Crippen molar-refractivity contribution in [3.8, 4) is 5.75 Å². The van der Waals surface area contributed by atoms with Crippen molar-refractivity contribution in [2.24, 2.45) is 0 Å². The van der Waals surface area contributed by atoms with Crippen molar-refractivity contribution < 1.29 is 18.7 Å². The summed E-state index contributed by atoms with van der Waals surface area (Å²) in [4.78, 5) is 16.5. The smallest absolute Gasteiger partial charge is 0.251 e. The van der Waals surface area contributed by atoms with Crippen molar-refractivity contribution in [2.75, 3.05) is 20.3 Å². The highest BCUT2D eigenvalue weighted by Gasteiger charge is 2.12. The van der Waals surface area contributed by atoms with Crippen LogP contribution >= 0.6 is 11.3 Å². The standard InChI is InChI=1S/C19H19FN2O3S/c1-24-8-3-9-25-16-5-2-4-14(18(16)20)11-21-19(23)13-6-7-15-17(10-13)26-12-22-15/h2,4-7,10,12H,3,8-9,11H2,1H3,(H,21,23). The number of amides is 1. The quantitative estimate of drug-likeness (QED) is 0.610. The zero-order valence-electron chi connectivity index (χ0n) is 14.3. The average molecular weight is 374 g/mol. The Labute approximate surface area is 154 Å². The van der Waals surface area contributed by atoms with Crippen LogP contribution < -0.4 is 10.1 Å². The summed E-state index contributed by atoms with van der Waals surface area (Å²) in [5, 5.41) is 2.75. The van der Waals surface area contributed by atoms with Crippen LogP contribution in [0.2, 0.25) is 0 Å². The lowest BCUT2D eigenvalue weighted by atomic mass is 10.1. The third-order valence-electron chi connectivity index (χ3n) is 3.83. The van der Waals surface area contributed by atoms with E-state index in [0.29, 0.717) is 30.8 Å². The minimum Gasteiger partial charge on any atom is -0.490 e. The first-order valence-corrected chi connectivity index (χ1v) is 9.07. The summed E-state index contributed by atoms with van der Waals surface area (Å²) in [6.07, 6.45) is 0.678. The van der Waals surface area contributed by atoms with Gasteiger partial charge >= 0.3 is 0 Å². The fourth-order valence-electron chi connectivity index (χ4n) is 2.46. The number of fused-ring (bicyclic) bond motifs is 1. The topological polar surface area (TPSA) is 60.5 Å². The highest BCUT2D eigenvalue weighted by Crippen LogP contribution is 2.21. The summed E-state index contributed by atoms with van der Waals surface area (Å²) in [6, 6.07) is 10.2. The van der Waals surface area contributed by atoms with Crippen LogP contribution in [-0.2, 0) is 11.3 Å². The van der Waals surface area contributed by atoms with Gasteiger partial charge in [-0.1, -0.05) is 12.1 Å². The number of ether oxygens (including phenoxy) is 2. The minimum absolute atomic E-state index is 0.0840. The Kier molecular flexibility index (Phi) is 6.14. The number of benzene rings is 2. The normalized spacial score (nSPS) is 10.8. The van der Waals surface area contributed by atoms with Gasteiger partial charge in [0.15, 0.2) is 11.6 Å². The van der Waals surface area contributed by atoms with Gasteiger partial charge in [-0.3, -0.25) is 4.79 Å². The average Bonchev–Trinajstić information content (AvgIpc) is 3.13. The van der Waals surface area contributed by atoms with Crippen LogP contribution in [0.25, 0.3) is 10.2 Å². The number of hydrogen-bond acceptors (Lipinski definition) is 5. The summed E-state index contributed by atoms with van der Waals surface area (Å²) < 4.78 is 25.8. The molecule has 5 nitrogen and oxygen atoms in total. The van der Waals surface area contributed by atoms with Gasteiger partial charge in [-0.15, -0.1) is 11.3 Å². The molecule has 1 heterocycles. The molecule has 0 aliphatic carbocycles. The molecule has 0 radical (unpaired) electrons. The lowest BCUT2D eigenvalue weighted by Crippen LogP contribution is -2.23. The molecule has 3 rings (SSSR count). The molecule has 0 saturated carbocycles. The Bertz CT molecular complexity index is 897. The summed E-state index contributed by atoms with van der Waals surface area (Å²) in [5.41, 5.74) is 3.49. The number of hydrogen-bond donors (Lipinski definition) is 1. The van der Waals surface area contributed by atoms with Crippen LogP contribution in [0.5, 0.6) is 5.75 Å². The van der Waals surface area contributed by atoms with E-state index in [1.807, 2.05) is 0 Å². The van der Waals surface area contributed by atoms with Gasteiger partial charge in [0.25, 0.3) is 5.91 Å². The van der Waals surface area contributed by atoms with Gasteiger partial charge in [0.2, 0.25) is 0 Å². The maximum Gasteiger partial charge on any atom is 0.251 e. The van der Waals surface area contributed by atoms with E-state index in [-0.39, 0.29) is 18.2 Å². The molecule has 0 saturated heterocycles. The van der Waals surface area contributed by atoms with E-state index in [2.05, 4.69) is 10.3 Å². The molecule has 0 unspecified atom stereocenters. The number of thiazole rings is 1. The Morgan fingerprint density at radius 3 is 3.00 bits per heavy atom. The van der Waals surface area contributed by atoms with E-state index < -0.39 is 5.82 Å². The third kappa shape index (κ3) is 4.36. The van der Waals surface area contributed by atoms with Crippen LogP contribution in [0, 0.1) is 5.82 Å². The van der Waals surface area contributed by atoms with Crippen LogP contribution in [0.1, 0.15) is 22.3 Å². The van der Waals surface area contributed by atoms with Crippen molar-refractivity contribution in [3.63, 3.8) is 0 Å². The second kappa shape index (κ2) is 8.73. The van der Waals surface area contributed by atoms with Crippen molar-refractivity contribution >= 4 is 27.5 Å². The molecule has 26 heavy (non-hydrogen) atoms. The second-order valence-corrected chi connectivity index (χ2v) is 6.53. The Morgan fingerprint density at radius 2 is 2.15 bits per heavy atom. The van der Waals surface area contributed by atoms with Crippen LogP contribution in [0.15, 0.2) is 41.9 Å². The first-order valence-electron chi connectivity index (χ1n) is 8.19. The SMILES string of the molecule is COCCCOc1cccc(CNC(=O)c2ccc3ncsc3c2)c1F. The maximum atomic E-state index is 14.5. The molecule has 0 aliphatic rings. The number of carbonyl (C=O) groups is 1. The Hall–Kier alpha value is -2.51. The molecule has 0 aliphatic heterocycles. The Morgan fingerprint density at radius 1 is 1.27 bits per heavy atom. The lowest BCUT2D eigenvalue weighted by molar-refractivity contribution is 0.0950. The van der Waals surface area contributed by atoms with Gasteiger partial charge in [0.1, 0.15) is 0 Å². The predicted octanol–water partition coefficient (Wildman–Crippen LogP) is 3.78. The molecule has 0 bridgehead atoms. The molecule has 0 fully saturated rings. The minimum atomic E-state index is -0.455. The van der Waals surface area contributed by atoms with Gasteiger partial charge < -0.3 is 14.8 Å². The summed E-state index contributed by atoms with van der Waals surface area (Å²) in [5.74, 6) is -0.534. The highest BCUT2D eigenvalue weighted by molar-refractivity contribution is 7.16. The molecule has 2 aromatic carbocycles. The van der Waals surface area contributed by atoms with E-state index >= 15 is 0 Å². The first-order chi connectivity index (χ1) is 12.7. The predicted molar refractivity (Wildman–Crippen MR) is 99.2 cm³/mol. The summed E-state index contributed by atoms with van der Waals surface area (Å²) in [6.45, 7) is 1.01. The van der Waals surface area contributed by atoms with Crippen molar-refractivity contribution in [3.05, 3.63) is 58.9 Å². The number of halogens is 1. The second-order valence-electron chi connectivity index (χ2n) is 5.64. The molecular formula is C19H19FN2O3S. The van der Waals surface area contributed by atoms with Gasteiger partial charge in [0, 0.05) is 37.8 Å². The third-order valence-corrected chi connectivity index (χ3v) is 4.62. The van der Waals surface area contributed by atoms with E-state index in [9.17, 15) is 9.18 Å². The zero-order valence-corrected chi connectivity index (χ0v) is 15.1. The van der Waals surface area contributed by atoms with Crippen LogP contribution in [0.3, 0.4) is 0 Å². The van der Waals surface area contributed by atoms with Gasteiger partial charge in [-0.05, 0) is 24.3 Å². The monoisotopic (exact) mass is 374 g/mol. The van der Waals surface area contributed by atoms with Gasteiger partial charge in [-0.2, -0.15) is 0 Å². The van der Waals surface area contributed by atoms with Crippen molar-refractivity contribution in [2.45, 2.75) is 13.0 Å². The number of methoxy groups -OCH3 is 1. The van der Waals surface area contributed by atoms with E-state index in [1.165, 1.54) is 11.3 Å². The van der Waals surface area contributed by atoms with E-state index in [4.69, 9.17) is 9.47 Å². The number of aromatic nitrogens is 1. The fraction of sp³-hybridized carbons (Fsp3) is 0.263. The van der Waals surface area contributed by atoms with Crippen LogP contribution in [0.4, 0.5) is 4.39 Å². The summed E-state index contributed by atoms with van der Waals surface area (Å²) in [7, 11) is 1.61. The molecular weight excluding hydrogens is 355 g/mol. The number of rotatable bonds is 8. The zero-order chi connectivity index (χ0) is 18.4. The van der Waals surface area contributed by atoms with Crippen LogP contribution in [-0.4, -0.2) is 31.2 Å². The molecule has 1 aromatic heterocycles.